The number of ketones is 1. The minimum Gasteiger partial charge on any atom is -0.478 e. The van der Waals surface area contributed by atoms with Crippen LogP contribution in [-0.4, -0.2) is 23.1 Å². The number of benzene rings is 1. The van der Waals surface area contributed by atoms with E-state index in [2.05, 4.69) is 0 Å². The van der Waals surface area contributed by atoms with Gasteiger partial charge in [0.2, 0.25) is 6.29 Å². The van der Waals surface area contributed by atoms with Crippen LogP contribution >= 0.6 is 0 Å². The Balaban J connectivity index is 3.11. The predicted molar refractivity (Wildman–Crippen MR) is 57.0 cm³/mol. The van der Waals surface area contributed by atoms with Gasteiger partial charge in [0, 0.05) is 16.7 Å². The van der Waals surface area contributed by atoms with Gasteiger partial charge in [-0.3, -0.25) is 9.59 Å². The van der Waals surface area contributed by atoms with Crippen LogP contribution in [0, 0.1) is 0 Å². The molecule has 0 bridgehead atoms. The molecular formula is C12H9O4. The van der Waals surface area contributed by atoms with Crippen molar-refractivity contribution in [1.82, 2.24) is 0 Å². The second-order valence-corrected chi connectivity index (χ2v) is 3.14. The Hall–Kier alpha value is -2.23. The Labute approximate surface area is 92.2 Å². The smallest absolute Gasteiger partial charge is 0.331 e. The molecule has 0 saturated heterocycles. The third-order valence-corrected chi connectivity index (χ3v) is 1.99. The average Bonchev–Trinajstić information content (AvgIpc) is 2.28. The number of carbonyl (C=O) groups is 2. The van der Waals surface area contributed by atoms with E-state index >= 15 is 0 Å². The zero-order valence-corrected chi connectivity index (χ0v) is 8.56. The third kappa shape index (κ3) is 2.63. The van der Waals surface area contributed by atoms with Crippen LogP contribution in [0.4, 0.5) is 0 Å². The maximum Gasteiger partial charge on any atom is 0.331 e. The Morgan fingerprint density at radius 2 is 1.94 bits per heavy atom. The average molecular weight is 217 g/mol. The zero-order valence-electron chi connectivity index (χ0n) is 8.56. The lowest BCUT2D eigenvalue weighted by molar-refractivity contribution is -0.132. The van der Waals surface area contributed by atoms with Crippen molar-refractivity contribution in [2.75, 3.05) is 0 Å². The van der Waals surface area contributed by atoms with Gasteiger partial charge in [-0.05, 0) is 13.0 Å². The van der Waals surface area contributed by atoms with Gasteiger partial charge in [0.25, 0.3) is 0 Å². The Bertz CT molecular complexity index is 472. The van der Waals surface area contributed by atoms with E-state index in [1.807, 2.05) is 0 Å². The molecule has 0 aromatic heterocycles. The van der Waals surface area contributed by atoms with Crippen LogP contribution in [0.25, 0.3) is 0 Å². The van der Waals surface area contributed by atoms with Crippen LogP contribution in [0.1, 0.15) is 22.8 Å². The quantitative estimate of drug-likeness (QED) is 0.610. The van der Waals surface area contributed by atoms with Crippen molar-refractivity contribution >= 4 is 18.0 Å². The van der Waals surface area contributed by atoms with Gasteiger partial charge in [0.15, 0.2) is 5.78 Å². The second-order valence-electron chi connectivity index (χ2n) is 3.14. The molecule has 0 amide bonds. The van der Waals surface area contributed by atoms with Crippen LogP contribution in [0.2, 0.25) is 0 Å². The van der Waals surface area contributed by atoms with Crippen molar-refractivity contribution in [3.63, 3.8) is 0 Å². The van der Waals surface area contributed by atoms with Crippen molar-refractivity contribution < 1.29 is 19.5 Å². The molecule has 0 atom stereocenters. The molecule has 4 heteroatoms. The molecule has 0 fully saturated rings. The predicted octanol–water partition coefficient (Wildman–Crippen LogP) is 1.36. The summed E-state index contributed by atoms with van der Waals surface area (Å²) >= 11 is 0. The fourth-order valence-electron chi connectivity index (χ4n) is 1.12. The molecule has 0 heterocycles. The van der Waals surface area contributed by atoms with E-state index in [9.17, 15) is 14.4 Å². The molecule has 0 unspecified atom stereocenters. The summed E-state index contributed by atoms with van der Waals surface area (Å²) in [7, 11) is 0. The first-order valence-electron chi connectivity index (χ1n) is 4.49. The molecule has 0 aliphatic carbocycles. The van der Waals surface area contributed by atoms with Gasteiger partial charge in [0.05, 0.1) is 0 Å². The molecule has 1 aromatic rings. The highest BCUT2D eigenvalue weighted by atomic mass is 16.4. The lowest BCUT2D eigenvalue weighted by atomic mass is 10.0. The van der Waals surface area contributed by atoms with Crippen molar-refractivity contribution in [2.45, 2.75) is 6.92 Å². The zero-order chi connectivity index (χ0) is 12.1. The van der Waals surface area contributed by atoms with E-state index in [1.54, 1.807) is 18.4 Å². The lowest BCUT2D eigenvalue weighted by Gasteiger charge is -1.99. The number of carbonyl (C=O) groups excluding carboxylic acids is 2. The summed E-state index contributed by atoms with van der Waals surface area (Å²) in [6.07, 6.45) is 2.62. The number of hydrogen-bond acceptors (Lipinski definition) is 3. The summed E-state index contributed by atoms with van der Waals surface area (Å²) in [5.41, 5.74) is 0.200. The largest absolute Gasteiger partial charge is 0.478 e. The molecule has 1 rings (SSSR count). The minimum absolute atomic E-state index is 0.0781. The van der Waals surface area contributed by atoms with Crippen LogP contribution in [0.15, 0.2) is 35.9 Å². The molecule has 0 saturated carbocycles. The summed E-state index contributed by atoms with van der Waals surface area (Å²) < 4.78 is 0. The van der Waals surface area contributed by atoms with E-state index in [-0.39, 0.29) is 16.7 Å². The van der Waals surface area contributed by atoms with Crippen molar-refractivity contribution in [3.8, 4) is 0 Å². The van der Waals surface area contributed by atoms with Gasteiger partial charge >= 0.3 is 5.97 Å². The van der Waals surface area contributed by atoms with Gasteiger partial charge in [-0.1, -0.05) is 24.3 Å². The molecule has 1 aromatic carbocycles. The van der Waals surface area contributed by atoms with Crippen LogP contribution < -0.4 is 0 Å². The van der Waals surface area contributed by atoms with Crippen molar-refractivity contribution in [1.29, 1.82) is 0 Å². The van der Waals surface area contributed by atoms with E-state index in [0.717, 1.165) is 6.08 Å². The number of hydrogen-bond donors (Lipinski definition) is 1. The molecule has 16 heavy (non-hydrogen) atoms. The first kappa shape index (κ1) is 11.8. The summed E-state index contributed by atoms with van der Waals surface area (Å²) in [5.74, 6) is -1.68. The first-order chi connectivity index (χ1) is 7.56. The standard InChI is InChI=1S/C12H9O4/c1-8(12(15)16)6-11(14)10-5-3-2-4-9(10)7-13/h2-6H,1H3,(H,15,16). The number of rotatable bonds is 4. The third-order valence-electron chi connectivity index (χ3n) is 1.99. The molecule has 0 aliphatic rings. The summed E-state index contributed by atoms with van der Waals surface area (Å²) in [5, 5.41) is 8.61. The molecule has 1 radical (unpaired) electrons. The number of allylic oxidation sites excluding steroid dienone is 1. The topological polar surface area (TPSA) is 71.4 Å². The Morgan fingerprint density at radius 3 is 2.50 bits per heavy atom. The Kier molecular flexibility index (Phi) is 3.72. The Morgan fingerprint density at radius 1 is 1.31 bits per heavy atom. The fraction of sp³-hybridized carbons (Fsp3) is 0.0833. The highest BCUT2D eigenvalue weighted by Crippen LogP contribution is 2.09. The SMILES string of the molecule is CC(=CC(=O)c1ccccc1[C]=O)C(=O)O. The first-order valence-corrected chi connectivity index (χ1v) is 4.49. The van der Waals surface area contributed by atoms with Crippen LogP contribution in [0.3, 0.4) is 0 Å². The van der Waals surface area contributed by atoms with E-state index in [1.165, 1.54) is 19.1 Å². The molecule has 0 aliphatic heterocycles. The van der Waals surface area contributed by atoms with Crippen LogP contribution in [-0.2, 0) is 9.59 Å². The number of carboxylic acid groups (broad SMARTS) is 1. The van der Waals surface area contributed by atoms with E-state index < -0.39 is 11.8 Å². The fourth-order valence-corrected chi connectivity index (χ4v) is 1.12. The molecule has 0 spiro atoms. The van der Waals surface area contributed by atoms with Gasteiger partial charge < -0.3 is 5.11 Å². The monoisotopic (exact) mass is 217 g/mol. The molecular weight excluding hydrogens is 208 g/mol. The van der Waals surface area contributed by atoms with E-state index in [0.29, 0.717) is 0 Å². The van der Waals surface area contributed by atoms with E-state index in [4.69, 9.17) is 5.11 Å². The second kappa shape index (κ2) is 5.02. The van der Waals surface area contributed by atoms with Crippen molar-refractivity contribution in [3.05, 3.63) is 47.0 Å². The normalized spacial score (nSPS) is 10.9. The summed E-state index contributed by atoms with van der Waals surface area (Å²) in [6, 6.07) is 6.10. The maximum atomic E-state index is 11.6. The highest BCUT2D eigenvalue weighted by molar-refractivity contribution is 6.11. The highest BCUT2D eigenvalue weighted by Gasteiger charge is 2.10. The van der Waals surface area contributed by atoms with Gasteiger partial charge in [-0.2, -0.15) is 0 Å². The number of aliphatic carboxylic acids is 1. The lowest BCUT2D eigenvalue weighted by Crippen LogP contribution is -2.04. The maximum absolute atomic E-state index is 11.6. The summed E-state index contributed by atoms with van der Waals surface area (Å²) in [4.78, 5) is 32.7. The van der Waals surface area contributed by atoms with Crippen LogP contribution in [0.5, 0.6) is 0 Å². The van der Waals surface area contributed by atoms with Gasteiger partial charge in [-0.15, -0.1) is 0 Å². The van der Waals surface area contributed by atoms with Gasteiger partial charge in [-0.25, -0.2) is 4.79 Å². The number of carboxylic acids is 1. The van der Waals surface area contributed by atoms with Gasteiger partial charge in [0.1, 0.15) is 0 Å². The minimum atomic E-state index is -1.17. The molecule has 81 valence electrons. The van der Waals surface area contributed by atoms with Crippen molar-refractivity contribution in [2.24, 2.45) is 0 Å². The molecule has 4 nitrogen and oxygen atoms in total. The summed E-state index contributed by atoms with van der Waals surface area (Å²) in [6.45, 7) is 1.31. The molecule has 1 N–H and O–H groups in total.